The summed E-state index contributed by atoms with van der Waals surface area (Å²) in [6, 6.07) is 1.86. The molecule has 1 aromatic rings. The molecule has 0 aliphatic heterocycles. The number of aliphatic hydroxyl groups is 1. The fourth-order valence-electron chi connectivity index (χ4n) is 1.75. The lowest BCUT2D eigenvalue weighted by Gasteiger charge is -2.27. The third-order valence-electron chi connectivity index (χ3n) is 2.75. The molecule has 2 N–H and O–H groups in total. The highest BCUT2D eigenvalue weighted by Gasteiger charge is 2.22. The molecule has 0 spiro atoms. The van der Waals surface area contributed by atoms with Crippen molar-refractivity contribution in [3.63, 3.8) is 0 Å². The predicted octanol–water partition coefficient (Wildman–Crippen LogP) is 2.81. The van der Waals surface area contributed by atoms with Crippen LogP contribution in [-0.2, 0) is 6.42 Å². The van der Waals surface area contributed by atoms with E-state index < -0.39 is 5.60 Å². The number of nitrogens with one attached hydrogen (secondary N) is 1. The summed E-state index contributed by atoms with van der Waals surface area (Å²) >= 11 is 6.05. The van der Waals surface area contributed by atoms with E-state index in [1.165, 1.54) is 0 Å². The van der Waals surface area contributed by atoms with Crippen molar-refractivity contribution >= 4 is 11.6 Å². The lowest BCUT2D eigenvalue weighted by molar-refractivity contribution is 0.0499. The molecule has 1 aromatic heterocycles. The quantitative estimate of drug-likeness (QED) is 0.865. The van der Waals surface area contributed by atoms with Gasteiger partial charge in [-0.2, -0.15) is 0 Å². The van der Waals surface area contributed by atoms with Crippen molar-refractivity contribution in [1.29, 1.82) is 0 Å². The van der Waals surface area contributed by atoms with Gasteiger partial charge in [0.25, 0.3) is 0 Å². The van der Waals surface area contributed by atoms with Gasteiger partial charge in [0.2, 0.25) is 0 Å². The molecular weight excluding hydrogens is 248 g/mol. The summed E-state index contributed by atoms with van der Waals surface area (Å²) in [6.07, 6.45) is 4.54. The van der Waals surface area contributed by atoms with Gasteiger partial charge in [-0.25, -0.2) is 0 Å². The Morgan fingerprint density at radius 2 is 2.00 bits per heavy atom. The van der Waals surface area contributed by atoms with E-state index in [1.807, 2.05) is 13.0 Å². The van der Waals surface area contributed by atoms with Crippen LogP contribution in [-0.4, -0.2) is 27.8 Å². The maximum atomic E-state index is 10.4. The van der Waals surface area contributed by atoms with E-state index in [2.05, 4.69) is 31.1 Å². The maximum absolute atomic E-state index is 10.4. The van der Waals surface area contributed by atoms with Gasteiger partial charge in [-0.1, -0.05) is 11.6 Å². The number of aromatic nitrogens is 1. The van der Waals surface area contributed by atoms with Crippen LogP contribution in [0.25, 0.3) is 0 Å². The molecule has 1 rings (SSSR count). The van der Waals surface area contributed by atoms with Crippen LogP contribution < -0.4 is 5.32 Å². The largest absolute Gasteiger partial charge is 0.390 e. The van der Waals surface area contributed by atoms with Crippen LogP contribution >= 0.6 is 11.6 Å². The molecule has 1 heterocycles. The lowest BCUT2D eigenvalue weighted by atomic mass is 9.93. The molecule has 0 bridgehead atoms. The second kappa shape index (κ2) is 6.00. The van der Waals surface area contributed by atoms with Crippen molar-refractivity contribution < 1.29 is 5.11 Å². The number of hydrogen-bond acceptors (Lipinski definition) is 3. The van der Waals surface area contributed by atoms with Crippen LogP contribution in [0.1, 0.15) is 39.7 Å². The Morgan fingerprint density at radius 3 is 2.56 bits per heavy atom. The fraction of sp³-hybridized carbons (Fsp3) is 0.643. The Labute approximate surface area is 115 Å². The van der Waals surface area contributed by atoms with Crippen LogP contribution in [0.2, 0.25) is 5.02 Å². The second-order valence-corrected chi connectivity index (χ2v) is 6.47. The van der Waals surface area contributed by atoms with Crippen LogP contribution in [0.5, 0.6) is 0 Å². The molecule has 0 radical (unpaired) electrons. The molecule has 4 heteroatoms. The first kappa shape index (κ1) is 15.4. The van der Waals surface area contributed by atoms with Gasteiger partial charge < -0.3 is 10.4 Å². The second-order valence-electron chi connectivity index (χ2n) is 6.07. The molecule has 0 saturated heterocycles. The molecule has 0 fully saturated rings. The zero-order chi connectivity index (χ0) is 13.8. The van der Waals surface area contributed by atoms with Crippen molar-refractivity contribution in [2.45, 2.75) is 51.7 Å². The minimum Gasteiger partial charge on any atom is -0.390 e. The highest BCUT2D eigenvalue weighted by Crippen LogP contribution is 2.22. The molecular formula is C14H23ClN2O. The number of rotatable bonds is 5. The summed E-state index contributed by atoms with van der Waals surface area (Å²) < 4.78 is 0. The molecule has 102 valence electrons. The number of nitrogens with zero attached hydrogens (tertiary/aromatic N) is 1. The molecule has 0 aliphatic rings. The maximum Gasteiger partial charge on any atom is 0.0672 e. The van der Waals surface area contributed by atoms with E-state index in [-0.39, 0.29) is 5.54 Å². The van der Waals surface area contributed by atoms with Crippen molar-refractivity contribution in [3.8, 4) is 0 Å². The minimum absolute atomic E-state index is 0.0738. The summed E-state index contributed by atoms with van der Waals surface area (Å²) in [7, 11) is 0. The zero-order valence-electron chi connectivity index (χ0n) is 11.6. The van der Waals surface area contributed by atoms with Gasteiger partial charge in [0.1, 0.15) is 0 Å². The normalized spacial score (nSPS) is 15.4. The van der Waals surface area contributed by atoms with Gasteiger partial charge in [-0.3, -0.25) is 4.98 Å². The Kier molecular flexibility index (Phi) is 5.14. The van der Waals surface area contributed by atoms with Crippen LogP contribution in [0.15, 0.2) is 18.5 Å². The molecule has 3 nitrogen and oxygen atoms in total. The standard InChI is InChI=1S/C14H23ClN2O/c1-13(2,3)17-8-6-14(4,18)9-11-5-7-16-10-12(11)15/h5,7,10,17-18H,6,8-9H2,1-4H3. The molecule has 18 heavy (non-hydrogen) atoms. The molecule has 0 aliphatic carbocycles. The minimum atomic E-state index is -0.761. The summed E-state index contributed by atoms with van der Waals surface area (Å²) in [4.78, 5) is 3.94. The van der Waals surface area contributed by atoms with Crippen LogP contribution in [0, 0.1) is 0 Å². The summed E-state index contributed by atoms with van der Waals surface area (Å²) in [6.45, 7) is 8.96. The van der Waals surface area contributed by atoms with Gasteiger partial charge in [-0.15, -0.1) is 0 Å². The molecule has 0 aromatic carbocycles. The average molecular weight is 271 g/mol. The molecule has 1 atom stereocenters. The molecule has 0 amide bonds. The number of halogens is 1. The van der Waals surface area contributed by atoms with Crippen molar-refractivity contribution in [3.05, 3.63) is 29.0 Å². The third-order valence-corrected chi connectivity index (χ3v) is 3.09. The van der Waals surface area contributed by atoms with Gasteiger partial charge in [0, 0.05) is 24.4 Å². The van der Waals surface area contributed by atoms with Crippen molar-refractivity contribution in [1.82, 2.24) is 10.3 Å². The Bertz CT molecular complexity index is 386. The van der Waals surface area contributed by atoms with E-state index in [0.29, 0.717) is 17.9 Å². The first-order chi connectivity index (χ1) is 8.20. The molecule has 0 saturated carbocycles. The third kappa shape index (κ3) is 5.80. The van der Waals surface area contributed by atoms with Crippen molar-refractivity contribution in [2.75, 3.05) is 6.54 Å². The van der Waals surface area contributed by atoms with E-state index in [0.717, 1.165) is 12.1 Å². The van der Waals surface area contributed by atoms with Crippen LogP contribution in [0.3, 0.4) is 0 Å². The summed E-state index contributed by atoms with van der Waals surface area (Å²) in [5, 5.41) is 14.4. The van der Waals surface area contributed by atoms with Crippen LogP contribution in [0.4, 0.5) is 0 Å². The highest BCUT2D eigenvalue weighted by atomic mass is 35.5. The Balaban J connectivity index is 2.52. The monoisotopic (exact) mass is 270 g/mol. The topological polar surface area (TPSA) is 45.1 Å². The van der Waals surface area contributed by atoms with E-state index in [1.54, 1.807) is 12.4 Å². The highest BCUT2D eigenvalue weighted by molar-refractivity contribution is 6.31. The van der Waals surface area contributed by atoms with Gasteiger partial charge in [0.15, 0.2) is 0 Å². The predicted molar refractivity (Wildman–Crippen MR) is 75.9 cm³/mol. The number of hydrogen-bond donors (Lipinski definition) is 2. The van der Waals surface area contributed by atoms with E-state index in [4.69, 9.17) is 11.6 Å². The summed E-state index contributed by atoms with van der Waals surface area (Å²) in [5.41, 5.74) is 0.251. The Morgan fingerprint density at radius 1 is 1.33 bits per heavy atom. The Hall–Kier alpha value is -0.640. The number of pyridine rings is 1. The van der Waals surface area contributed by atoms with Gasteiger partial charge in [0.05, 0.1) is 10.6 Å². The SMILES string of the molecule is CC(O)(CCNC(C)(C)C)Cc1ccncc1Cl. The van der Waals surface area contributed by atoms with E-state index >= 15 is 0 Å². The van der Waals surface area contributed by atoms with E-state index in [9.17, 15) is 5.11 Å². The molecule has 1 unspecified atom stereocenters. The first-order valence-corrected chi connectivity index (χ1v) is 6.63. The first-order valence-electron chi connectivity index (χ1n) is 6.25. The van der Waals surface area contributed by atoms with Gasteiger partial charge >= 0.3 is 0 Å². The van der Waals surface area contributed by atoms with Gasteiger partial charge in [-0.05, 0) is 52.3 Å². The smallest absolute Gasteiger partial charge is 0.0672 e. The fourth-order valence-corrected chi connectivity index (χ4v) is 1.94. The van der Waals surface area contributed by atoms with Crippen molar-refractivity contribution in [2.24, 2.45) is 0 Å². The average Bonchev–Trinajstić information content (AvgIpc) is 2.18. The lowest BCUT2D eigenvalue weighted by Crippen LogP contribution is -2.40. The zero-order valence-corrected chi connectivity index (χ0v) is 12.4. The summed E-state index contributed by atoms with van der Waals surface area (Å²) in [5.74, 6) is 0.